The van der Waals surface area contributed by atoms with Crippen molar-refractivity contribution in [2.75, 3.05) is 11.4 Å². The van der Waals surface area contributed by atoms with Crippen molar-refractivity contribution >= 4 is 11.7 Å². The predicted molar refractivity (Wildman–Crippen MR) is 78.2 cm³/mol. The molecule has 1 aliphatic heterocycles. The summed E-state index contributed by atoms with van der Waals surface area (Å²) in [6.07, 6.45) is 2.18. The maximum atomic E-state index is 11.4. The Labute approximate surface area is 123 Å². The van der Waals surface area contributed by atoms with Crippen molar-refractivity contribution in [3.05, 3.63) is 42.0 Å². The molecule has 0 saturated carbocycles. The van der Waals surface area contributed by atoms with E-state index in [0.29, 0.717) is 19.5 Å². The Balaban J connectivity index is 1.91. The largest absolute Gasteiger partial charge is 0.481 e. The molecule has 6 nitrogen and oxygen atoms in total. The van der Waals surface area contributed by atoms with Gasteiger partial charge in [0.05, 0.1) is 12.5 Å². The molecule has 1 unspecified atom stereocenters. The van der Waals surface area contributed by atoms with E-state index in [9.17, 15) is 9.90 Å². The molecule has 0 saturated heterocycles. The molecule has 1 aromatic carbocycles. The van der Waals surface area contributed by atoms with Crippen LogP contribution in [0.15, 0.2) is 30.6 Å². The molecule has 1 aromatic heterocycles. The highest BCUT2D eigenvalue weighted by Gasteiger charge is 2.30. The van der Waals surface area contributed by atoms with Crippen LogP contribution < -0.4 is 4.90 Å². The van der Waals surface area contributed by atoms with E-state index in [2.05, 4.69) is 15.0 Å². The lowest BCUT2D eigenvalue weighted by atomic mass is 9.90. The van der Waals surface area contributed by atoms with E-state index < -0.39 is 11.9 Å². The molecule has 2 aromatic rings. The molecular formula is C15H18N4O2. The van der Waals surface area contributed by atoms with Crippen molar-refractivity contribution < 1.29 is 9.90 Å². The minimum Gasteiger partial charge on any atom is -0.481 e. The lowest BCUT2D eigenvalue weighted by Crippen LogP contribution is -2.34. The number of aromatic nitrogens is 3. The highest BCUT2D eigenvalue weighted by Crippen LogP contribution is 2.35. The minimum atomic E-state index is -0.751. The number of anilines is 1. The molecule has 2 heterocycles. The predicted octanol–water partition coefficient (Wildman–Crippen LogP) is 1.88. The van der Waals surface area contributed by atoms with E-state index >= 15 is 0 Å². The van der Waals surface area contributed by atoms with Crippen LogP contribution in [0.1, 0.15) is 30.7 Å². The second-order valence-electron chi connectivity index (χ2n) is 5.15. The number of carbonyl (C=O) groups is 1. The van der Waals surface area contributed by atoms with Crippen LogP contribution in [0, 0.1) is 0 Å². The Morgan fingerprint density at radius 2 is 2.24 bits per heavy atom. The van der Waals surface area contributed by atoms with Crippen molar-refractivity contribution in [1.82, 2.24) is 14.8 Å². The molecule has 3 rings (SSSR count). The van der Waals surface area contributed by atoms with E-state index in [4.69, 9.17) is 0 Å². The third-order valence-electron chi connectivity index (χ3n) is 3.97. The van der Waals surface area contributed by atoms with Crippen LogP contribution in [0.4, 0.5) is 5.69 Å². The van der Waals surface area contributed by atoms with Gasteiger partial charge in [-0.3, -0.25) is 4.79 Å². The van der Waals surface area contributed by atoms with Gasteiger partial charge in [-0.15, -0.1) is 0 Å². The van der Waals surface area contributed by atoms with Gasteiger partial charge in [-0.25, -0.2) is 9.67 Å². The quantitative estimate of drug-likeness (QED) is 0.929. The first-order chi connectivity index (χ1) is 10.2. The highest BCUT2D eigenvalue weighted by molar-refractivity contribution is 5.80. The number of hydrogen-bond donors (Lipinski definition) is 1. The van der Waals surface area contributed by atoms with Crippen molar-refractivity contribution in [1.29, 1.82) is 0 Å². The molecule has 0 amide bonds. The summed E-state index contributed by atoms with van der Waals surface area (Å²) in [5.41, 5.74) is 1.88. The van der Waals surface area contributed by atoms with Crippen molar-refractivity contribution in [2.24, 2.45) is 0 Å². The average Bonchev–Trinajstić information content (AvgIpc) is 2.94. The molecule has 1 N–H and O–H groups in total. The van der Waals surface area contributed by atoms with Gasteiger partial charge in [0.2, 0.25) is 0 Å². The maximum Gasteiger partial charge on any atom is 0.311 e. The third-order valence-corrected chi connectivity index (χ3v) is 3.97. The first kappa shape index (κ1) is 13.6. The van der Waals surface area contributed by atoms with Crippen LogP contribution in [0.5, 0.6) is 0 Å². The summed E-state index contributed by atoms with van der Waals surface area (Å²) >= 11 is 0. The summed E-state index contributed by atoms with van der Waals surface area (Å²) < 4.78 is 1.87. The van der Waals surface area contributed by atoms with Gasteiger partial charge in [0.25, 0.3) is 0 Å². The molecule has 110 valence electrons. The number of aliphatic carboxylic acids is 1. The molecule has 0 bridgehead atoms. The second-order valence-corrected chi connectivity index (χ2v) is 5.15. The summed E-state index contributed by atoms with van der Waals surface area (Å²) in [6, 6.07) is 7.73. The topological polar surface area (TPSA) is 71.2 Å². The smallest absolute Gasteiger partial charge is 0.311 e. The first-order valence-electron chi connectivity index (χ1n) is 7.14. The van der Waals surface area contributed by atoms with Crippen molar-refractivity contribution in [3.63, 3.8) is 0 Å². The van der Waals surface area contributed by atoms with Crippen LogP contribution in [0.3, 0.4) is 0 Å². The summed E-state index contributed by atoms with van der Waals surface area (Å²) in [5, 5.41) is 13.5. The first-order valence-corrected chi connectivity index (χ1v) is 7.14. The lowest BCUT2D eigenvalue weighted by molar-refractivity contribution is -0.139. The van der Waals surface area contributed by atoms with Gasteiger partial charge in [-0.2, -0.15) is 5.10 Å². The zero-order valence-corrected chi connectivity index (χ0v) is 11.9. The van der Waals surface area contributed by atoms with Crippen LogP contribution in [-0.4, -0.2) is 32.4 Å². The van der Waals surface area contributed by atoms with E-state index in [1.807, 2.05) is 35.9 Å². The SMILES string of the molecule is CCn1ncnc1CN1CCC(C(=O)O)c2ccccc21. The van der Waals surface area contributed by atoms with Gasteiger partial charge in [0.1, 0.15) is 12.2 Å². The zero-order chi connectivity index (χ0) is 14.8. The van der Waals surface area contributed by atoms with Crippen molar-refractivity contribution in [3.8, 4) is 0 Å². The number of carboxylic acids is 1. The molecule has 0 aliphatic carbocycles. The summed E-state index contributed by atoms with van der Waals surface area (Å²) in [7, 11) is 0. The Hall–Kier alpha value is -2.37. The molecule has 0 fully saturated rings. The number of para-hydroxylation sites is 1. The molecular weight excluding hydrogens is 268 g/mol. The number of nitrogens with zero attached hydrogens (tertiary/aromatic N) is 4. The highest BCUT2D eigenvalue weighted by atomic mass is 16.4. The minimum absolute atomic E-state index is 0.415. The van der Waals surface area contributed by atoms with E-state index in [-0.39, 0.29) is 0 Å². The second kappa shape index (κ2) is 5.55. The fraction of sp³-hybridized carbons (Fsp3) is 0.400. The van der Waals surface area contributed by atoms with Gasteiger partial charge in [0.15, 0.2) is 0 Å². The van der Waals surface area contributed by atoms with Gasteiger partial charge >= 0.3 is 5.97 Å². The van der Waals surface area contributed by atoms with E-state index in [1.165, 1.54) is 0 Å². The number of aryl methyl sites for hydroxylation is 1. The monoisotopic (exact) mass is 286 g/mol. The molecule has 0 radical (unpaired) electrons. The number of hydrogen-bond acceptors (Lipinski definition) is 4. The van der Waals surface area contributed by atoms with Crippen LogP contribution in [-0.2, 0) is 17.9 Å². The fourth-order valence-electron chi connectivity index (χ4n) is 2.90. The molecule has 1 aliphatic rings. The molecule has 6 heteroatoms. The number of fused-ring (bicyclic) bond motifs is 1. The Bertz CT molecular complexity index is 653. The van der Waals surface area contributed by atoms with Gasteiger partial charge in [-0.1, -0.05) is 18.2 Å². The van der Waals surface area contributed by atoms with E-state index in [0.717, 1.165) is 23.6 Å². The van der Waals surface area contributed by atoms with Crippen LogP contribution >= 0.6 is 0 Å². The summed E-state index contributed by atoms with van der Waals surface area (Å²) in [4.78, 5) is 17.9. The summed E-state index contributed by atoms with van der Waals surface area (Å²) in [6.45, 7) is 4.17. The Morgan fingerprint density at radius 1 is 1.43 bits per heavy atom. The van der Waals surface area contributed by atoms with Crippen molar-refractivity contribution in [2.45, 2.75) is 32.4 Å². The fourth-order valence-corrected chi connectivity index (χ4v) is 2.90. The Kier molecular flexibility index (Phi) is 3.60. The Morgan fingerprint density at radius 3 is 3.00 bits per heavy atom. The number of benzene rings is 1. The molecule has 1 atom stereocenters. The summed E-state index contributed by atoms with van der Waals surface area (Å²) in [5.74, 6) is -0.263. The van der Waals surface area contributed by atoms with Crippen LogP contribution in [0.25, 0.3) is 0 Å². The maximum absolute atomic E-state index is 11.4. The lowest BCUT2D eigenvalue weighted by Gasteiger charge is -2.33. The molecule has 21 heavy (non-hydrogen) atoms. The average molecular weight is 286 g/mol. The molecule has 0 spiro atoms. The van der Waals surface area contributed by atoms with Gasteiger partial charge < -0.3 is 10.0 Å². The van der Waals surface area contributed by atoms with Gasteiger partial charge in [0, 0.05) is 18.8 Å². The number of carboxylic acid groups (broad SMARTS) is 1. The number of rotatable bonds is 4. The van der Waals surface area contributed by atoms with Gasteiger partial charge in [-0.05, 0) is 25.0 Å². The van der Waals surface area contributed by atoms with E-state index in [1.54, 1.807) is 6.33 Å². The van der Waals surface area contributed by atoms with Crippen LogP contribution in [0.2, 0.25) is 0 Å². The third kappa shape index (κ3) is 2.49. The zero-order valence-electron chi connectivity index (χ0n) is 11.9. The standard InChI is InChI=1S/C15H18N4O2/c1-2-19-14(16-10-17-19)9-18-8-7-12(15(20)21)11-5-3-4-6-13(11)18/h3-6,10,12H,2,7-9H2,1H3,(H,20,21). The normalized spacial score (nSPS) is 17.6.